The third-order valence-electron chi connectivity index (χ3n) is 1.38. The molecule has 0 spiro atoms. The van der Waals surface area contributed by atoms with E-state index in [1.807, 2.05) is 0 Å². The number of rotatable bonds is 3. The molecular weight excluding hydrogens is 211 g/mol. The van der Waals surface area contributed by atoms with E-state index in [0.29, 0.717) is 11.9 Å². The van der Waals surface area contributed by atoms with Crippen LogP contribution in [-0.2, 0) is 4.74 Å². The van der Waals surface area contributed by atoms with Gasteiger partial charge in [-0.1, -0.05) is 0 Å². The molecule has 0 aliphatic rings. The van der Waals surface area contributed by atoms with Crippen LogP contribution >= 0.6 is 0 Å². The van der Waals surface area contributed by atoms with Crippen molar-refractivity contribution < 1.29 is 17.9 Å². The zero-order chi connectivity index (χ0) is 11.5. The number of hydrogen-bond donors (Lipinski definition) is 2. The van der Waals surface area contributed by atoms with Crippen molar-refractivity contribution in [1.82, 2.24) is 9.97 Å². The van der Waals surface area contributed by atoms with Crippen LogP contribution in [0.2, 0.25) is 0 Å². The van der Waals surface area contributed by atoms with Gasteiger partial charge in [0.15, 0.2) is 5.76 Å². The molecule has 0 atom stereocenters. The van der Waals surface area contributed by atoms with Crippen molar-refractivity contribution in [2.24, 2.45) is 0 Å². The highest BCUT2D eigenvalue weighted by atomic mass is 19.4. The number of H-pyrrole nitrogens is 1. The second-order valence-corrected chi connectivity index (χ2v) is 2.69. The predicted molar refractivity (Wildman–Crippen MR) is 47.2 cm³/mol. The fourth-order valence-corrected chi connectivity index (χ4v) is 0.875. The summed E-state index contributed by atoms with van der Waals surface area (Å²) < 4.78 is 39.0. The smallest absolute Gasteiger partial charge is 0.404 e. The first-order valence-corrected chi connectivity index (χ1v) is 3.90. The molecule has 2 N–H and O–H groups in total. The molecule has 0 aliphatic heterocycles. The lowest BCUT2D eigenvalue weighted by molar-refractivity contribution is -0.301. The molecule has 1 rings (SSSR count). The van der Waals surface area contributed by atoms with E-state index in [1.165, 1.54) is 6.20 Å². The van der Waals surface area contributed by atoms with Gasteiger partial charge in [0.2, 0.25) is 0 Å². The molecule has 0 fully saturated rings. The second kappa shape index (κ2) is 4.16. The number of allylic oxidation sites excluding steroid dienone is 1. The Morgan fingerprint density at radius 2 is 2.27 bits per heavy atom. The molecule has 7 heteroatoms. The fraction of sp³-hybridized carbons (Fsp3) is 0.250. The third-order valence-corrected chi connectivity index (χ3v) is 1.38. The maximum atomic E-state index is 11.8. The van der Waals surface area contributed by atoms with Gasteiger partial charge in [0.05, 0.1) is 6.21 Å². The summed E-state index contributed by atoms with van der Waals surface area (Å²) in [5, 5.41) is 6.74. The number of aromatic nitrogens is 2. The molecule has 0 aromatic carbocycles. The number of aryl methyl sites for hydroxylation is 1. The monoisotopic (exact) mass is 219 g/mol. The quantitative estimate of drug-likeness (QED) is 0.605. The van der Waals surface area contributed by atoms with Gasteiger partial charge in [-0.25, -0.2) is 4.98 Å². The van der Waals surface area contributed by atoms with Gasteiger partial charge in [-0.15, -0.1) is 13.2 Å². The highest BCUT2D eigenvalue weighted by molar-refractivity contribution is 5.79. The summed E-state index contributed by atoms with van der Waals surface area (Å²) in [6, 6.07) is 0. The van der Waals surface area contributed by atoms with Crippen molar-refractivity contribution in [3.8, 4) is 0 Å². The van der Waals surface area contributed by atoms with Gasteiger partial charge in [0, 0.05) is 18.0 Å². The van der Waals surface area contributed by atoms with E-state index in [-0.39, 0.29) is 5.82 Å². The van der Waals surface area contributed by atoms with Crippen LogP contribution in [0.1, 0.15) is 11.5 Å². The molecule has 0 amide bonds. The Bertz CT molecular complexity index is 381. The molecule has 0 bridgehead atoms. The molecule has 1 aromatic heterocycles. The van der Waals surface area contributed by atoms with Gasteiger partial charge in [-0.05, 0) is 6.92 Å². The first-order chi connectivity index (χ1) is 6.90. The number of imidazole rings is 1. The van der Waals surface area contributed by atoms with Crippen molar-refractivity contribution in [2.75, 3.05) is 0 Å². The second-order valence-electron chi connectivity index (χ2n) is 2.69. The SMILES string of the molecule is Cc1cnc(/C=C(\C=N)OC(F)(F)F)[nH]1. The molecule has 4 nitrogen and oxygen atoms in total. The Labute approximate surface area is 83.3 Å². The van der Waals surface area contributed by atoms with Crippen LogP contribution in [0.5, 0.6) is 0 Å². The minimum absolute atomic E-state index is 0.204. The normalized spacial score (nSPS) is 12.7. The Hall–Kier alpha value is -1.79. The molecule has 0 unspecified atom stereocenters. The number of halogens is 3. The van der Waals surface area contributed by atoms with E-state index >= 15 is 0 Å². The number of nitrogens with zero attached hydrogens (tertiary/aromatic N) is 1. The van der Waals surface area contributed by atoms with Crippen LogP contribution in [0.3, 0.4) is 0 Å². The minimum atomic E-state index is -4.80. The maximum Gasteiger partial charge on any atom is 0.573 e. The Balaban J connectivity index is 2.83. The number of nitrogens with one attached hydrogen (secondary N) is 2. The van der Waals surface area contributed by atoms with Gasteiger partial charge in [-0.3, -0.25) is 0 Å². The lowest BCUT2D eigenvalue weighted by atomic mass is 10.4. The average Bonchev–Trinajstić information content (AvgIpc) is 2.47. The van der Waals surface area contributed by atoms with Gasteiger partial charge in [-0.2, -0.15) is 0 Å². The molecular formula is C8H8F3N3O. The highest BCUT2D eigenvalue weighted by Crippen LogP contribution is 2.20. The van der Waals surface area contributed by atoms with Gasteiger partial charge >= 0.3 is 6.36 Å². The van der Waals surface area contributed by atoms with Gasteiger partial charge in [0.25, 0.3) is 0 Å². The summed E-state index contributed by atoms with van der Waals surface area (Å²) >= 11 is 0. The lowest BCUT2D eigenvalue weighted by Crippen LogP contribution is -2.13. The first kappa shape index (κ1) is 11.3. The topological polar surface area (TPSA) is 61.8 Å². The predicted octanol–water partition coefficient (Wildman–Crippen LogP) is 2.24. The lowest BCUT2D eigenvalue weighted by Gasteiger charge is -2.07. The molecule has 0 aliphatic carbocycles. The van der Waals surface area contributed by atoms with E-state index in [2.05, 4.69) is 14.7 Å². The number of hydrogen-bond acceptors (Lipinski definition) is 3. The highest BCUT2D eigenvalue weighted by Gasteiger charge is 2.31. The summed E-state index contributed by atoms with van der Waals surface area (Å²) in [6.45, 7) is 1.71. The summed E-state index contributed by atoms with van der Waals surface area (Å²) in [6.07, 6.45) is -1.88. The number of ether oxygens (including phenoxy) is 1. The van der Waals surface area contributed by atoms with Crippen molar-refractivity contribution in [3.63, 3.8) is 0 Å². The van der Waals surface area contributed by atoms with E-state index < -0.39 is 12.1 Å². The van der Waals surface area contributed by atoms with Crippen LogP contribution in [-0.4, -0.2) is 22.5 Å². The Morgan fingerprint density at radius 3 is 2.67 bits per heavy atom. The van der Waals surface area contributed by atoms with Crippen molar-refractivity contribution in [2.45, 2.75) is 13.3 Å². The van der Waals surface area contributed by atoms with Crippen LogP contribution < -0.4 is 0 Å². The molecule has 0 saturated heterocycles. The van der Waals surface area contributed by atoms with E-state index in [1.54, 1.807) is 6.92 Å². The largest absolute Gasteiger partial charge is 0.573 e. The summed E-state index contributed by atoms with van der Waals surface area (Å²) in [4.78, 5) is 6.44. The fourth-order valence-electron chi connectivity index (χ4n) is 0.875. The summed E-state index contributed by atoms with van der Waals surface area (Å²) in [5.74, 6) is -0.424. The molecule has 1 heterocycles. The summed E-state index contributed by atoms with van der Waals surface area (Å²) in [5.41, 5.74) is 0.706. The van der Waals surface area contributed by atoms with Gasteiger partial charge in [0.1, 0.15) is 5.82 Å². The minimum Gasteiger partial charge on any atom is -0.404 e. The maximum absolute atomic E-state index is 11.8. The van der Waals surface area contributed by atoms with Crippen molar-refractivity contribution in [1.29, 1.82) is 5.41 Å². The molecule has 0 saturated carbocycles. The van der Waals surface area contributed by atoms with E-state index in [9.17, 15) is 13.2 Å². The van der Waals surface area contributed by atoms with E-state index in [0.717, 1.165) is 6.08 Å². The molecule has 15 heavy (non-hydrogen) atoms. The van der Waals surface area contributed by atoms with Crippen molar-refractivity contribution >= 4 is 12.3 Å². The van der Waals surface area contributed by atoms with Crippen LogP contribution in [0.15, 0.2) is 12.0 Å². The zero-order valence-electron chi connectivity index (χ0n) is 7.72. The Kier molecular flexibility index (Phi) is 3.13. The number of alkyl halides is 3. The van der Waals surface area contributed by atoms with Crippen LogP contribution in [0, 0.1) is 12.3 Å². The summed E-state index contributed by atoms with van der Waals surface area (Å²) in [7, 11) is 0. The standard InChI is InChI=1S/C8H8F3N3O/c1-5-4-13-7(14-5)2-6(3-12)15-8(9,10)11/h2-4,12H,1H3,(H,13,14)/b6-2+,12-3?. The Morgan fingerprint density at radius 1 is 1.60 bits per heavy atom. The van der Waals surface area contributed by atoms with Crippen LogP contribution in [0.4, 0.5) is 13.2 Å². The molecule has 1 aromatic rings. The molecule has 82 valence electrons. The first-order valence-electron chi connectivity index (χ1n) is 3.90. The molecule has 0 radical (unpaired) electrons. The third kappa shape index (κ3) is 3.84. The number of aromatic amines is 1. The zero-order valence-corrected chi connectivity index (χ0v) is 7.72. The van der Waals surface area contributed by atoms with E-state index in [4.69, 9.17) is 5.41 Å². The van der Waals surface area contributed by atoms with Crippen LogP contribution in [0.25, 0.3) is 6.08 Å². The van der Waals surface area contributed by atoms with Crippen molar-refractivity contribution in [3.05, 3.63) is 23.5 Å². The average molecular weight is 219 g/mol. The van der Waals surface area contributed by atoms with Gasteiger partial charge < -0.3 is 15.1 Å².